The number of hydrogen-bond donors (Lipinski definition) is 1. The molecule has 1 amide bonds. The van der Waals surface area contributed by atoms with Gasteiger partial charge in [0, 0.05) is 13.1 Å². The van der Waals surface area contributed by atoms with Crippen molar-refractivity contribution in [3.05, 3.63) is 76.7 Å². The van der Waals surface area contributed by atoms with Gasteiger partial charge in [0.1, 0.15) is 18.1 Å². The number of hydrogen-bond acceptors (Lipinski definition) is 5. The standard InChI is InChI=1S/C26H29ClN4O3/c1-4-30(5-2)15-16-31-22-12-7-6-11-21(22)28-26(31)29-25(32)23-14-13-19(34-23)17-33-24-18(3)9-8-10-20(24)27/h6-14H,4-5,15-17H2,1-3H3,(H,28,29,32). The van der Waals surface area contributed by atoms with Crippen molar-refractivity contribution in [2.45, 2.75) is 33.9 Å². The van der Waals surface area contributed by atoms with Crippen molar-refractivity contribution >= 4 is 34.5 Å². The zero-order valence-corrected chi connectivity index (χ0v) is 20.4. The van der Waals surface area contributed by atoms with Crippen LogP contribution in [0.25, 0.3) is 11.0 Å². The second kappa shape index (κ2) is 10.8. The SMILES string of the molecule is CCN(CC)CCn1c(NC(=O)c2ccc(COc3c(C)cccc3Cl)o2)nc2ccccc21. The van der Waals surface area contributed by atoms with E-state index in [0.29, 0.717) is 29.0 Å². The predicted octanol–water partition coefficient (Wildman–Crippen LogP) is 5.76. The number of rotatable bonds is 10. The van der Waals surface area contributed by atoms with Gasteiger partial charge < -0.3 is 18.6 Å². The van der Waals surface area contributed by atoms with Crippen LogP contribution in [-0.4, -0.2) is 40.0 Å². The van der Waals surface area contributed by atoms with E-state index in [-0.39, 0.29) is 18.3 Å². The molecule has 2 aromatic heterocycles. The Morgan fingerprint density at radius 3 is 2.68 bits per heavy atom. The number of aryl methyl sites for hydroxylation is 1. The van der Waals surface area contributed by atoms with Gasteiger partial charge in [-0.25, -0.2) is 4.98 Å². The summed E-state index contributed by atoms with van der Waals surface area (Å²) in [6.45, 7) is 9.89. The van der Waals surface area contributed by atoms with Gasteiger partial charge in [-0.3, -0.25) is 10.1 Å². The summed E-state index contributed by atoms with van der Waals surface area (Å²) >= 11 is 6.22. The highest BCUT2D eigenvalue weighted by molar-refractivity contribution is 6.32. The Kier molecular flexibility index (Phi) is 7.55. The molecule has 2 aromatic carbocycles. The maximum absolute atomic E-state index is 13.0. The summed E-state index contributed by atoms with van der Waals surface area (Å²) in [7, 11) is 0. The van der Waals surface area contributed by atoms with Gasteiger partial charge in [0.25, 0.3) is 5.91 Å². The third-order valence-corrected chi connectivity index (χ3v) is 6.12. The molecule has 8 heteroatoms. The topological polar surface area (TPSA) is 72.5 Å². The Balaban J connectivity index is 1.48. The molecule has 0 aliphatic carbocycles. The van der Waals surface area contributed by atoms with E-state index in [1.54, 1.807) is 18.2 Å². The van der Waals surface area contributed by atoms with Crippen molar-refractivity contribution in [1.82, 2.24) is 14.5 Å². The van der Waals surface area contributed by atoms with Crippen LogP contribution >= 0.6 is 11.6 Å². The molecule has 0 saturated carbocycles. The number of imidazole rings is 1. The number of para-hydroxylation sites is 3. The van der Waals surface area contributed by atoms with Gasteiger partial charge in [-0.1, -0.05) is 49.7 Å². The maximum Gasteiger partial charge on any atom is 0.293 e. The lowest BCUT2D eigenvalue weighted by Gasteiger charge is -2.19. The lowest BCUT2D eigenvalue weighted by atomic mass is 10.2. The lowest BCUT2D eigenvalue weighted by molar-refractivity contribution is 0.0991. The second-order valence-electron chi connectivity index (χ2n) is 8.00. The van der Waals surface area contributed by atoms with E-state index in [0.717, 1.165) is 36.2 Å². The number of benzene rings is 2. The van der Waals surface area contributed by atoms with Gasteiger partial charge in [0.15, 0.2) is 5.76 Å². The molecular formula is C26H29ClN4O3. The fraction of sp³-hybridized carbons (Fsp3) is 0.308. The van der Waals surface area contributed by atoms with Crippen LogP contribution in [0.15, 0.2) is 59.0 Å². The highest BCUT2D eigenvalue weighted by Gasteiger charge is 2.18. The minimum Gasteiger partial charge on any atom is -0.484 e. The van der Waals surface area contributed by atoms with Crippen LogP contribution in [0.4, 0.5) is 5.95 Å². The number of nitrogens with zero attached hydrogens (tertiary/aromatic N) is 3. The van der Waals surface area contributed by atoms with Gasteiger partial charge in [-0.15, -0.1) is 0 Å². The second-order valence-corrected chi connectivity index (χ2v) is 8.40. The average molecular weight is 481 g/mol. The smallest absolute Gasteiger partial charge is 0.293 e. The Labute approximate surface area is 204 Å². The first-order valence-corrected chi connectivity index (χ1v) is 11.8. The lowest BCUT2D eigenvalue weighted by Crippen LogP contribution is -2.27. The Hall–Kier alpha value is -3.29. The molecule has 2 heterocycles. The van der Waals surface area contributed by atoms with E-state index in [1.807, 2.05) is 47.9 Å². The van der Waals surface area contributed by atoms with E-state index in [1.165, 1.54) is 0 Å². The molecule has 0 radical (unpaired) electrons. The predicted molar refractivity (Wildman–Crippen MR) is 135 cm³/mol. The molecule has 7 nitrogen and oxygen atoms in total. The number of carbonyl (C=O) groups is 1. The zero-order valence-electron chi connectivity index (χ0n) is 19.7. The first-order valence-electron chi connectivity index (χ1n) is 11.5. The first kappa shape index (κ1) is 23.9. The van der Waals surface area contributed by atoms with Crippen LogP contribution < -0.4 is 10.1 Å². The molecule has 0 aliphatic heterocycles. The largest absolute Gasteiger partial charge is 0.484 e. The molecular weight excluding hydrogens is 452 g/mol. The third-order valence-electron chi connectivity index (χ3n) is 5.82. The number of carbonyl (C=O) groups excluding carboxylic acids is 1. The molecule has 0 fully saturated rings. The summed E-state index contributed by atoms with van der Waals surface area (Å²) in [5.74, 6) is 1.46. The third kappa shape index (κ3) is 5.26. The van der Waals surface area contributed by atoms with E-state index in [9.17, 15) is 4.79 Å². The number of aromatic nitrogens is 2. The minimum atomic E-state index is -0.362. The van der Waals surface area contributed by atoms with Crippen LogP contribution in [0, 0.1) is 6.92 Å². The number of anilines is 1. The molecule has 4 rings (SSSR count). The van der Waals surface area contributed by atoms with Crippen LogP contribution in [0.5, 0.6) is 5.75 Å². The fourth-order valence-electron chi connectivity index (χ4n) is 3.86. The molecule has 0 spiro atoms. The van der Waals surface area contributed by atoms with Crippen molar-refractivity contribution in [2.75, 3.05) is 25.0 Å². The summed E-state index contributed by atoms with van der Waals surface area (Å²) in [6, 6.07) is 16.8. The van der Waals surface area contributed by atoms with Crippen molar-refractivity contribution in [2.24, 2.45) is 0 Å². The van der Waals surface area contributed by atoms with E-state index < -0.39 is 0 Å². The van der Waals surface area contributed by atoms with E-state index >= 15 is 0 Å². The number of amides is 1. The normalized spacial score (nSPS) is 11.3. The zero-order chi connectivity index (χ0) is 24.1. The van der Waals surface area contributed by atoms with Crippen molar-refractivity contribution < 1.29 is 13.9 Å². The van der Waals surface area contributed by atoms with Crippen LogP contribution in [0.1, 0.15) is 35.7 Å². The number of likely N-dealkylation sites (N-methyl/N-ethyl adjacent to an activating group) is 1. The molecule has 0 unspecified atom stereocenters. The quantitative estimate of drug-likeness (QED) is 0.312. The van der Waals surface area contributed by atoms with Crippen LogP contribution in [-0.2, 0) is 13.2 Å². The molecule has 0 bridgehead atoms. The Morgan fingerprint density at radius 2 is 1.91 bits per heavy atom. The summed E-state index contributed by atoms with van der Waals surface area (Å²) in [4.78, 5) is 19.9. The number of nitrogens with one attached hydrogen (secondary N) is 1. The van der Waals surface area contributed by atoms with E-state index in [4.69, 9.17) is 20.8 Å². The Bertz CT molecular complexity index is 1260. The molecule has 0 atom stereocenters. The van der Waals surface area contributed by atoms with E-state index in [2.05, 4.69) is 29.0 Å². The molecule has 34 heavy (non-hydrogen) atoms. The maximum atomic E-state index is 13.0. The van der Waals surface area contributed by atoms with Crippen molar-refractivity contribution in [1.29, 1.82) is 0 Å². The van der Waals surface area contributed by atoms with Gasteiger partial charge >= 0.3 is 0 Å². The number of fused-ring (bicyclic) bond motifs is 1. The monoisotopic (exact) mass is 480 g/mol. The molecule has 178 valence electrons. The first-order chi connectivity index (χ1) is 16.5. The highest BCUT2D eigenvalue weighted by Crippen LogP contribution is 2.29. The summed E-state index contributed by atoms with van der Waals surface area (Å²) in [5, 5.41) is 3.46. The van der Waals surface area contributed by atoms with Gasteiger partial charge in [0.05, 0.1) is 16.1 Å². The van der Waals surface area contributed by atoms with Crippen molar-refractivity contribution in [3.8, 4) is 5.75 Å². The highest BCUT2D eigenvalue weighted by atomic mass is 35.5. The fourth-order valence-corrected chi connectivity index (χ4v) is 4.14. The summed E-state index contributed by atoms with van der Waals surface area (Å²) in [5.41, 5.74) is 2.75. The Morgan fingerprint density at radius 1 is 1.12 bits per heavy atom. The molecule has 0 saturated heterocycles. The molecule has 1 N–H and O–H groups in total. The number of ether oxygens (including phenoxy) is 1. The van der Waals surface area contributed by atoms with Crippen LogP contribution in [0.3, 0.4) is 0 Å². The molecule has 0 aliphatic rings. The van der Waals surface area contributed by atoms with Gasteiger partial charge in [0.2, 0.25) is 5.95 Å². The number of halogens is 1. The van der Waals surface area contributed by atoms with Crippen LogP contribution in [0.2, 0.25) is 5.02 Å². The summed E-state index contributed by atoms with van der Waals surface area (Å²) in [6.07, 6.45) is 0. The average Bonchev–Trinajstić information content (AvgIpc) is 3.44. The number of furan rings is 1. The van der Waals surface area contributed by atoms with Crippen molar-refractivity contribution in [3.63, 3.8) is 0 Å². The van der Waals surface area contributed by atoms with Gasteiger partial charge in [-0.05, 0) is 55.9 Å². The summed E-state index contributed by atoms with van der Waals surface area (Å²) < 4.78 is 13.6. The molecule has 4 aromatic rings. The minimum absolute atomic E-state index is 0.167. The van der Waals surface area contributed by atoms with Gasteiger partial charge in [-0.2, -0.15) is 0 Å².